The first-order chi connectivity index (χ1) is 13.2. The zero-order valence-corrected chi connectivity index (χ0v) is 14.6. The number of nitrogens with one attached hydrogen (secondary N) is 2. The van der Waals surface area contributed by atoms with E-state index in [-0.39, 0.29) is 11.8 Å². The molecule has 0 saturated heterocycles. The molecule has 0 atom stereocenters. The van der Waals surface area contributed by atoms with Gasteiger partial charge in [-0.15, -0.1) is 0 Å². The number of nitrogens with zero attached hydrogens (tertiary/aromatic N) is 1. The predicted molar refractivity (Wildman–Crippen MR) is 104 cm³/mol. The summed E-state index contributed by atoms with van der Waals surface area (Å²) < 4.78 is 0. The van der Waals surface area contributed by atoms with E-state index in [1.165, 1.54) is 6.20 Å². The Morgan fingerprint density at radius 3 is 2.15 bits per heavy atom. The molecule has 5 nitrogen and oxygen atoms in total. The van der Waals surface area contributed by atoms with E-state index >= 15 is 0 Å². The molecule has 2 amide bonds. The lowest BCUT2D eigenvalue weighted by molar-refractivity contribution is -0.115. The maximum absolute atomic E-state index is 12.7. The summed E-state index contributed by atoms with van der Waals surface area (Å²) >= 11 is 0. The van der Waals surface area contributed by atoms with Crippen molar-refractivity contribution in [2.75, 3.05) is 0 Å². The van der Waals surface area contributed by atoms with Gasteiger partial charge < -0.3 is 10.6 Å². The van der Waals surface area contributed by atoms with Gasteiger partial charge in [0.2, 0.25) is 0 Å². The van der Waals surface area contributed by atoms with Gasteiger partial charge in [-0.2, -0.15) is 0 Å². The Bertz CT molecular complexity index is 924. The van der Waals surface area contributed by atoms with Gasteiger partial charge in [0.1, 0.15) is 0 Å². The first kappa shape index (κ1) is 18.1. The van der Waals surface area contributed by atoms with Gasteiger partial charge in [-0.1, -0.05) is 54.6 Å². The normalized spacial score (nSPS) is 10.9. The minimum absolute atomic E-state index is 0.274. The Hall–Kier alpha value is -3.73. The van der Waals surface area contributed by atoms with Crippen molar-refractivity contribution in [2.24, 2.45) is 0 Å². The third-order valence-electron chi connectivity index (χ3n) is 3.89. The van der Waals surface area contributed by atoms with Crippen molar-refractivity contribution in [1.82, 2.24) is 15.6 Å². The summed E-state index contributed by atoms with van der Waals surface area (Å²) in [7, 11) is 0. The fraction of sp³-hybridized carbons (Fsp3) is 0.0455. The third kappa shape index (κ3) is 5.12. The molecule has 3 rings (SSSR count). The minimum atomic E-state index is -0.279. The van der Waals surface area contributed by atoms with Crippen LogP contribution < -0.4 is 10.6 Å². The molecule has 1 aromatic heterocycles. The Morgan fingerprint density at radius 2 is 1.52 bits per heavy atom. The summed E-state index contributed by atoms with van der Waals surface area (Å²) in [6, 6.07) is 21.8. The fourth-order valence-corrected chi connectivity index (χ4v) is 2.49. The van der Waals surface area contributed by atoms with Crippen LogP contribution >= 0.6 is 0 Å². The van der Waals surface area contributed by atoms with E-state index in [2.05, 4.69) is 15.6 Å². The van der Waals surface area contributed by atoms with Crippen LogP contribution in [-0.4, -0.2) is 16.8 Å². The molecule has 0 unspecified atom stereocenters. The van der Waals surface area contributed by atoms with Crippen LogP contribution in [0.1, 0.15) is 21.5 Å². The van der Waals surface area contributed by atoms with Crippen molar-refractivity contribution >= 4 is 17.4 Å². The Balaban J connectivity index is 1.76. The number of carbonyl (C=O) groups excluding carboxylic acids is 2. The number of rotatable bonds is 6. The van der Waals surface area contributed by atoms with Gasteiger partial charge in [-0.25, -0.2) is 0 Å². The second-order valence-electron chi connectivity index (χ2n) is 5.81. The van der Waals surface area contributed by atoms with E-state index in [4.69, 9.17) is 0 Å². The van der Waals surface area contributed by atoms with Crippen LogP contribution in [0.4, 0.5) is 0 Å². The van der Waals surface area contributed by atoms with Gasteiger partial charge >= 0.3 is 0 Å². The van der Waals surface area contributed by atoms with Gasteiger partial charge in [-0.05, 0) is 29.3 Å². The van der Waals surface area contributed by atoms with Crippen LogP contribution in [0.15, 0.2) is 91.4 Å². The molecule has 0 aliphatic heterocycles. The third-order valence-corrected chi connectivity index (χ3v) is 3.89. The van der Waals surface area contributed by atoms with Crippen LogP contribution in [0, 0.1) is 0 Å². The zero-order valence-electron chi connectivity index (χ0n) is 14.6. The van der Waals surface area contributed by atoms with E-state index in [9.17, 15) is 9.59 Å². The van der Waals surface area contributed by atoms with Crippen molar-refractivity contribution in [2.45, 2.75) is 6.54 Å². The first-order valence-corrected chi connectivity index (χ1v) is 8.52. The van der Waals surface area contributed by atoms with E-state index in [0.29, 0.717) is 17.7 Å². The Morgan fingerprint density at radius 1 is 0.852 bits per heavy atom. The van der Waals surface area contributed by atoms with Crippen LogP contribution in [-0.2, 0) is 11.3 Å². The molecule has 2 N–H and O–H groups in total. The topological polar surface area (TPSA) is 71.1 Å². The number of amides is 2. The molecule has 5 heteroatoms. The molecule has 3 aromatic rings. The highest BCUT2D eigenvalue weighted by atomic mass is 16.2. The minimum Gasteiger partial charge on any atom is -0.348 e. The average Bonchev–Trinajstić information content (AvgIpc) is 2.74. The summed E-state index contributed by atoms with van der Waals surface area (Å²) in [4.78, 5) is 29.0. The van der Waals surface area contributed by atoms with Gasteiger partial charge in [0.15, 0.2) is 0 Å². The largest absolute Gasteiger partial charge is 0.348 e. The van der Waals surface area contributed by atoms with Crippen LogP contribution in [0.25, 0.3) is 5.57 Å². The van der Waals surface area contributed by atoms with Gasteiger partial charge in [0.05, 0.1) is 5.57 Å². The SMILES string of the molecule is O=C(NCc1cccnc1)/C(=C\NC(=O)c1ccccc1)c1ccccc1. The molecule has 0 radical (unpaired) electrons. The summed E-state index contributed by atoms with van der Waals surface area (Å²) in [5.74, 6) is -0.553. The van der Waals surface area contributed by atoms with Gasteiger partial charge in [-0.3, -0.25) is 14.6 Å². The lowest BCUT2D eigenvalue weighted by Crippen LogP contribution is -2.26. The number of hydrogen-bond acceptors (Lipinski definition) is 3. The van der Waals surface area contributed by atoms with Gasteiger partial charge in [0, 0.05) is 30.7 Å². The summed E-state index contributed by atoms with van der Waals surface area (Å²) in [6.07, 6.45) is 4.83. The van der Waals surface area contributed by atoms with Crippen LogP contribution in [0.2, 0.25) is 0 Å². The summed E-state index contributed by atoms with van der Waals surface area (Å²) in [6.45, 7) is 0.351. The van der Waals surface area contributed by atoms with Crippen LogP contribution in [0.3, 0.4) is 0 Å². The average molecular weight is 357 g/mol. The molecule has 0 aliphatic rings. The highest BCUT2D eigenvalue weighted by Crippen LogP contribution is 2.14. The maximum atomic E-state index is 12.7. The lowest BCUT2D eigenvalue weighted by Gasteiger charge is -2.10. The van der Waals surface area contributed by atoms with Crippen molar-refractivity contribution in [1.29, 1.82) is 0 Å². The first-order valence-electron chi connectivity index (χ1n) is 8.52. The summed E-state index contributed by atoms with van der Waals surface area (Å²) in [5, 5.41) is 5.56. The smallest absolute Gasteiger partial charge is 0.255 e. The van der Waals surface area contributed by atoms with Crippen molar-refractivity contribution in [3.05, 3.63) is 108 Å². The number of benzene rings is 2. The molecule has 1 heterocycles. The van der Waals surface area contributed by atoms with Crippen LogP contribution in [0.5, 0.6) is 0 Å². The number of carbonyl (C=O) groups is 2. The molecule has 134 valence electrons. The molecule has 0 bridgehead atoms. The molecular weight excluding hydrogens is 338 g/mol. The number of pyridine rings is 1. The predicted octanol–water partition coefficient (Wildman–Crippen LogP) is 3.17. The van der Waals surface area contributed by atoms with E-state index < -0.39 is 0 Å². The second-order valence-corrected chi connectivity index (χ2v) is 5.81. The molecular formula is C22H19N3O2. The van der Waals surface area contributed by atoms with Crippen molar-refractivity contribution in [3.8, 4) is 0 Å². The molecule has 0 spiro atoms. The van der Waals surface area contributed by atoms with Crippen molar-refractivity contribution in [3.63, 3.8) is 0 Å². The molecule has 2 aromatic carbocycles. The number of hydrogen-bond donors (Lipinski definition) is 2. The second kappa shape index (κ2) is 9.10. The van der Waals surface area contributed by atoms with Crippen molar-refractivity contribution < 1.29 is 9.59 Å². The highest BCUT2D eigenvalue weighted by Gasteiger charge is 2.13. The molecule has 0 saturated carbocycles. The Labute approximate surface area is 157 Å². The van der Waals surface area contributed by atoms with E-state index in [0.717, 1.165) is 11.1 Å². The van der Waals surface area contributed by atoms with E-state index in [1.807, 2.05) is 48.5 Å². The molecule has 0 aliphatic carbocycles. The fourth-order valence-electron chi connectivity index (χ4n) is 2.49. The monoisotopic (exact) mass is 357 g/mol. The standard InChI is InChI=1S/C22H19N3O2/c26-21(19-11-5-2-6-12-19)25-16-20(18-9-3-1-4-10-18)22(27)24-15-17-8-7-13-23-14-17/h1-14,16H,15H2,(H,24,27)(H,25,26)/b20-16-. The van der Waals surface area contributed by atoms with E-state index in [1.54, 1.807) is 36.7 Å². The quantitative estimate of drug-likeness (QED) is 0.666. The maximum Gasteiger partial charge on any atom is 0.255 e. The zero-order chi connectivity index (χ0) is 18.9. The number of aromatic nitrogens is 1. The van der Waals surface area contributed by atoms with Gasteiger partial charge in [0.25, 0.3) is 11.8 Å². The molecule has 0 fully saturated rings. The molecule has 27 heavy (non-hydrogen) atoms. The highest BCUT2D eigenvalue weighted by molar-refractivity contribution is 6.19. The lowest BCUT2D eigenvalue weighted by atomic mass is 10.1. The Kier molecular flexibility index (Phi) is 6.09. The summed E-state index contributed by atoms with van der Waals surface area (Å²) in [5.41, 5.74) is 2.52.